The fourth-order valence-electron chi connectivity index (χ4n) is 2.53. The average Bonchev–Trinajstić information content (AvgIpc) is 2.78. The van der Waals surface area contributed by atoms with Gasteiger partial charge in [0.2, 0.25) is 0 Å². The van der Waals surface area contributed by atoms with E-state index in [9.17, 15) is 9.90 Å². The van der Waals surface area contributed by atoms with Crippen LogP contribution < -0.4 is 0 Å². The average molecular weight is 247 g/mol. The second-order valence-electron chi connectivity index (χ2n) is 5.23. The summed E-state index contributed by atoms with van der Waals surface area (Å²) in [5, 5.41) is 9.53. The third-order valence-electron chi connectivity index (χ3n) is 3.64. The smallest absolute Gasteiger partial charge is 0.151 e. The highest BCUT2D eigenvalue weighted by atomic mass is 16.3. The molecule has 1 heterocycles. The highest BCUT2D eigenvalue weighted by molar-refractivity contribution is 5.82. The first-order valence-corrected chi connectivity index (χ1v) is 6.61. The van der Waals surface area contributed by atoms with Gasteiger partial charge in [0, 0.05) is 13.0 Å². The molecule has 3 heteroatoms. The Labute approximate surface area is 108 Å². The maximum absolute atomic E-state index is 11.9. The van der Waals surface area contributed by atoms with Gasteiger partial charge in [-0.1, -0.05) is 30.3 Å². The lowest BCUT2D eigenvalue weighted by molar-refractivity contribution is -0.119. The number of rotatable bonds is 5. The summed E-state index contributed by atoms with van der Waals surface area (Å²) in [4.78, 5) is 14.1. The van der Waals surface area contributed by atoms with Crippen LogP contribution in [0.5, 0.6) is 0 Å². The van der Waals surface area contributed by atoms with E-state index in [-0.39, 0.29) is 11.9 Å². The van der Waals surface area contributed by atoms with Gasteiger partial charge in [0.15, 0.2) is 5.78 Å². The lowest BCUT2D eigenvalue weighted by Crippen LogP contribution is -2.30. The van der Waals surface area contributed by atoms with Gasteiger partial charge in [-0.25, -0.2) is 0 Å². The van der Waals surface area contributed by atoms with Crippen molar-refractivity contribution in [2.45, 2.75) is 25.9 Å². The molecular formula is C15H21NO2. The molecule has 0 amide bonds. The van der Waals surface area contributed by atoms with Crippen LogP contribution >= 0.6 is 0 Å². The van der Waals surface area contributed by atoms with Crippen molar-refractivity contribution in [3.05, 3.63) is 35.9 Å². The Morgan fingerprint density at radius 1 is 1.44 bits per heavy atom. The summed E-state index contributed by atoms with van der Waals surface area (Å²) in [7, 11) is 0. The molecular weight excluding hydrogens is 226 g/mol. The van der Waals surface area contributed by atoms with Crippen LogP contribution in [0, 0.1) is 5.92 Å². The fraction of sp³-hybridized carbons (Fsp3) is 0.533. The molecule has 1 N–H and O–H groups in total. The molecule has 0 aromatic heterocycles. The van der Waals surface area contributed by atoms with Crippen molar-refractivity contribution in [3.8, 4) is 0 Å². The molecule has 98 valence electrons. The van der Waals surface area contributed by atoms with Gasteiger partial charge >= 0.3 is 0 Å². The van der Waals surface area contributed by atoms with Crippen molar-refractivity contribution in [1.82, 2.24) is 4.90 Å². The first-order valence-electron chi connectivity index (χ1n) is 6.61. The van der Waals surface area contributed by atoms with Gasteiger partial charge in [-0.2, -0.15) is 0 Å². The summed E-state index contributed by atoms with van der Waals surface area (Å²) in [5.41, 5.74) is 1.08. The summed E-state index contributed by atoms with van der Waals surface area (Å²) in [6.45, 7) is 4.12. The molecule has 1 aliphatic heterocycles. The van der Waals surface area contributed by atoms with Crippen molar-refractivity contribution in [2.24, 2.45) is 5.92 Å². The fourth-order valence-corrected chi connectivity index (χ4v) is 2.53. The molecule has 1 saturated heterocycles. The molecule has 0 saturated carbocycles. The Bertz CT molecular complexity index is 389. The van der Waals surface area contributed by atoms with Gasteiger partial charge in [0.1, 0.15) is 0 Å². The SMILES string of the molecule is CC(O)C1CCN(CC(=O)Cc2ccccc2)C1. The van der Waals surface area contributed by atoms with Crippen LogP contribution in [0.15, 0.2) is 30.3 Å². The van der Waals surface area contributed by atoms with E-state index in [0.29, 0.717) is 18.9 Å². The van der Waals surface area contributed by atoms with E-state index in [1.807, 2.05) is 37.3 Å². The Balaban J connectivity index is 1.79. The summed E-state index contributed by atoms with van der Waals surface area (Å²) < 4.78 is 0. The predicted molar refractivity (Wildman–Crippen MR) is 71.4 cm³/mol. The molecule has 1 aliphatic rings. The van der Waals surface area contributed by atoms with Crippen LogP contribution in [-0.4, -0.2) is 41.5 Å². The number of aliphatic hydroxyl groups is 1. The maximum Gasteiger partial charge on any atom is 0.151 e. The minimum Gasteiger partial charge on any atom is -0.393 e. The third kappa shape index (κ3) is 3.65. The van der Waals surface area contributed by atoms with Crippen molar-refractivity contribution < 1.29 is 9.90 Å². The summed E-state index contributed by atoms with van der Waals surface area (Å²) >= 11 is 0. The van der Waals surface area contributed by atoms with E-state index in [0.717, 1.165) is 25.1 Å². The zero-order chi connectivity index (χ0) is 13.0. The standard InChI is InChI=1S/C15H21NO2/c1-12(17)14-7-8-16(10-14)11-15(18)9-13-5-3-2-4-6-13/h2-6,12,14,17H,7-11H2,1H3. The molecule has 0 bridgehead atoms. The number of hydrogen-bond acceptors (Lipinski definition) is 3. The van der Waals surface area contributed by atoms with Gasteiger partial charge in [-0.15, -0.1) is 0 Å². The van der Waals surface area contributed by atoms with Crippen LogP contribution in [0.4, 0.5) is 0 Å². The molecule has 1 fully saturated rings. The van der Waals surface area contributed by atoms with Gasteiger partial charge < -0.3 is 5.11 Å². The van der Waals surface area contributed by atoms with Crippen molar-refractivity contribution >= 4 is 5.78 Å². The topological polar surface area (TPSA) is 40.5 Å². The van der Waals surface area contributed by atoms with Crippen LogP contribution in [0.1, 0.15) is 18.9 Å². The molecule has 0 radical (unpaired) electrons. The van der Waals surface area contributed by atoms with E-state index in [4.69, 9.17) is 0 Å². The van der Waals surface area contributed by atoms with E-state index >= 15 is 0 Å². The minimum absolute atomic E-state index is 0.257. The lowest BCUT2D eigenvalue weighted by atomic mass is 10.0. The van der Waals surface area contributed by atoms with Gasteiger partial charge in [0.05, 0.1) is 12.6 Å². The van der Waals surface area contributed by atoms with E-state index in [1.54, 1.807) is 0 Å². The Morgan fingerprint density at radius 2 is 2.17 bits per heavy atom. The number of nitrogens with zero attached hydrogens (tertiary/aromatic N) is 1. The summed E-state index contributed by atoms with van der Waals surface area (Å²) in [6, 6.07) is 9.85. The first kappa shape index (κ1) is 13.2. The highest BCUT2D eigenvalue weighted by Crippen LogP contribution is 2.19. The predicted octanol–water partition coefficient (Wildman–Crippen LogP) is 1.50. The number of Topliss-reactive ketones (excluding diaryl/α,β-unsaturated/α-hetero) is 1. The molecule has 1 aromatic rings. The molecule has 2 unspecified atom stereocenters. The maximum atomic E-state index is 11.9. The van der Waals surface area contributed by atoms with Gasteiger partial charge in [-0.3, -0.25) is 9.69 Å². The number of ketones is 1. The van der Waals surface area contributed by atoms with Gasteiger partial charge in [0.25, 0.3) is 0 Å². The Morgan fingerprint density at radius 3 is 2.78 bits per heavy atom. The van der Waals surface area contributed by atoms with E-state index < -0.39 is 0 Å². The zero-order valence-electron chi connectivity index (χ0n) is 10.9. The molecule has 2 rings (SSSR count). The molecule has 0 aliphatic carbocycles. The molecule has 1 aromatic carbocycles. The van der Waals surface area contributed by atoms with E-state index in [2.05, 4.69) is 4.90 Å². The number of aliphatic hydroxyl groups excluding tert-OH is 1. The second kappa shape index (κ2) is 6.12. The third-order valence-corrected chi connectivity index (χ3v) is 3.64. The Hall–Kier alpha value is -1.19. The lowest BCUT2D eigenvalue weighted by Gasteiger charge is -2.16. The zero-order valence-corrected chi connectivity index (χ0v) is 10.9. The molecule has 0 spiro atoms. The van der Waals surface area contributed by atoms with Crippen LogP contribution in [0.25, 0.3) is 0 Å². The van der Waals surface area contributed by atoms with Crippen LogP contribution in [-0.2, 0) is 11.2 Å². The highest BCUT2D eigenvalue weighted by Gasteiger charge is 2.26. The monoisotopic (exact) mass is 247 g/mol. The van der Waals surface area contributed by atoms with Crippen molar-refractivity contribution in [3.63, 3.8) is 0 Å². The largest absolute Gasteiger partial charge is 0.393 e. The van der Waals surface area contributed by atoms with Crippen molar-refractivity contribution in [2.75, 3.05) is 19.6 Å². The van der Waals surface area contributed by atoms with E-state index in [1.165, 1.54) is 0 Å². The second-order valence-corrected chi connectivity index (χ2v) is 5.23. The first-order chi connectivity index (χ1) is 8.65. The number of likely N-dealkylation sites (tertiary alicyclic amines) is 1. The van der Waals surface area contributed by atoms with Crippen LogP contribution in [0.2, 0.25) is 0 Å². The van der Waals surface area contributed by atoms with Gasteiger partial charge in [-0.05, 0) is 31.4 Å². The minimum atomic E-state index is -0.265. The number of benzene rings is 1. The summed E-state index contributed by atoms with van der Waals surface area (Å²) in [6.07, 6.45) is 1.24. The molecule has 3 nitrogen and oxygen atoms in total. The van der Waals surface area contributed by atoms with Crippen molar-refractivity contribution in [1.29, 1.82) is 0 Å². The molecule has 2 atom stereocenters. The number of carbonyl (C=O) groups is 1. The number of hydrogen-bond donors (Lipinski definition) is 1. The summed E-state index contributed by atoms with van der Waals surface area (Å²) in [5.74, 6) is 0.585. The molecule has 18 heavy (non-hydrogen) atoms. The number of carbonyl (C=O) groups excluding carboxylic acids is 1. The quantitative estimate of drug-likeness (QED) is 0.857. The Kier molecular flexibility index (Phi) is 4.50. The van der Waals surface area contributed by atoms with Crippen LogP contribution in [0.3, 0.4) is 0 Å². The normalized spacial score (nSPS) is 22.0.